The van der Waals surface area contributed by atoms with Gasteiger partial charge in [0.15, 0.2) is 6.10 Å². The van der Waals surface area contributed by atoms with Gasteiger partial charge in [-0.3, -0.25) is 4.79 Å². The highest BCUT2D eigenvalue weighted by Crippen LogP contribution is 1.93. The smallest absolute Gasteiger partial charge is 0.372 e. The Hall–Kier alpha value is -1.39. The van der Waals surface area contributed by atoms with Crippen molar-refractivity contribution in [3.63, 3.8) is 0 Å². The minimum absolute atomic E-state index is 0.00424. The number of esters is 2. The van der Waals surface area contributed by atoms with Crippen LogP contribution in [0.25, 0.3) is 0 Å². The molecule has 68 valence electrons. The molecular formula is C7H10O5. The Morgan fingerprint density at radius 2 is 2.08 bits per heavy atom. The van der Waals surface area contributed by atoms with E-state index in [0.29, 0.717) is 0 Å². The maximum absolute atomic E-state index is 10.8. The third kappa shape index (κ3) is 3.70. The summed E-state index contributed by atoms with van der Waals surface area (Å²) in [5.74, 6) is -1.73. The molecule has 0 fully saturated rings. The minimum Gasteiger partial charge on any atom is -0.463 e. The van der Waals surface area contributed by atoms with Gasteiger partial charge in [-0.2, -0.15) is 0 Å². The molecule has 0 N–H and O–H groups in total. The summed E-state index contributed by atoms with van der Waals surface area (Å²) in [7, 11) is 0. The third-order valence-electron chi connectivity index (χ3n) is 1.01. The molecule has 0 spiro atoms. The zero-order valence-corrected chi connectivity index (χ0v) is 6.90. The van der Waals surface area contributed by atoms with E-state index in [-0.39, 0.29) is 12.9 Å². The third-order valence-corrected chi connectivity index (χ3v) is 1.01. The number of hydrogen-bond acceptors (Lipinski definition) is 5. The van der Waals surface area contributed by atoms with Crippen LogP contribution in [-0.2, 0) is 23.9 Å². The Morgan fingerprint density at radius 1 is 1.50 bits per heavy atom. The summed E-state index contributed by atoms with van der Waals surface area (Å²) in [5.41, 5.74) is 0. The number of rotatable bonds is 4. The zero-order chi connectivity index (χ0) is 9.56. The lowest BCUT2D eigenvalue weighted by Gasteiger charge is -2.08. The molecule has 5 nitrogen and oxygen atoms in total. The average molecular weight is 174 g/mol. The molecule has 0 saturated heterocycles. The summed E-state index contributed by atoms with van der Waals surface area (Å²) in [5, 5.41) is 0. The molecule has 0 aliphatic heterocycles. The molecule has 0 amide bonds. The first-order chi connectivity index (χ1) is 5.61. The fourth-order valence-corrected chi connectivity index (χ4v) is 0.510. The minimum atomic E-state index is -1.07. The highest BCUT2D eigenvalue weighted by molar-refractivity contribution is 6.20. The van der Waals surface area contributed by atoms with Crippen LogP contribution in [0.15, 0.2) is 0 Å². The monoisotopic (exact) mass is 174 g/mol. The first-order valence-electron chi connectivity index (χ1n) is 3.44. The maximum atomic E-state index is 10.8. The molecule has 0 aromatic rings. The van der Waals surface area contributed by atoms with E-state index in [1.165, 1.54) is 6.92 Å². The number of carbonyl (C=O) groups excluding carboxylic acids is 3. The Morgan fingerprint density at radius 3 is 2.50 bits per heavy atom. The molecule has 5 heteroatoms. The lowest BCUT2D eigenvalue weighted by Crippen LogP contribution is -2.26. The topological polar surface area (TPSA) is 69.7 Å². The summed E-state index contributed by atoms with van der Waals surface area (Å²) in [6, 6.07) is 0. The Kier molecular flexibility index (Phi) is 4.67. The summed E-state index contributed by atoms with van der Waals surface area (Å²) in [6.45, 7) is 3.17. The summed E-state index contributed by atoms with van der Waals surface area (Å²) >= 11 is 0. The zero-order valence-electron chi connectivity index (χ0n) is 6.90. The van der Waals surface area contributed by atoms with Crippen molar-refractivity contribution in [3.05, 3.63) is 0 Å². The van der Waals surface area contributed by atoms with Crippen molar-refractivity contribution in [2.75, 3.05) is 6.61 Å². The van der Waals surface area contributed by atoms with Crippen LogP contribution in [0.2, 0.25) is 0 Å². The van der Waals surface area contributed by atoms with Gasteiger partial charge in [0.05, 0.1) is 6.61 Å². The van der Waals surface area contributed by atoms with Gasteiger partial charge in [-0.15, -0.1) is 0 Å². The van der Waals surface area contributed by atoms with E-state index in [0.717, 1.165) is 0 Å². The Bertz CT molecular complexity index is 186. The van der Waals surface area contributed by atoms with E-state index in [1.54, 1.807) is 6.92 Å². The highest BCUT2D eigenvalue weighted by Gasteiger charge is 2.17. The molecule has 12 heavy (non-hydrogen) atoms. The second-order valence-electron chi connectivity index (χ2n) is 1.95. The molecule has 0 heterocycles. The molecule has 0 radical (unpaired) electrons. The van der Waals surface area contributed by atoms with E-state index in [1.807, 2.05) is 0 Å². The second kappa shape index (κ2) is 5.29. The Labute approximate surface area is 69.6 Å². The largest absolute Gasteiger partial charge is 0.463 e. The molecule has 0 rings (SSSR count). The summed E-state index contributed by atoms with van der Waals surface area (Å²) in [4.78, 5) is 30.9. The van der Waals surface area contributed by atoms with Gasteiger partial charge in [-0.25, -0.2) is 9.59 Å². The predicted octanol–water partition coefficient (Wildman–Crippen LogP) is -0.320. The summed E-state index contributed by atoms with van der Waals surface area (Å²) in [6.07, 6.45) is -1.03. The van der Waals surface area contributed by atoms with Gasteiger partial charge in [-0.05, 0) is 13.8 Å². The van der Waals surface area contributed by atoms with Crippen molar-refractivity contribution in [3.8, 4) is 0 Å². The Balaban J connectivity index is 3.85. The van der Waals surface area contributed by atoms with Crippen molar-refractivity contribution in [2.45, 2.75) is 20.0 Å². The molecule has 1 atom stereocenters. The van der Waals surface area contributed by atoms with Crippen LogP contribution < -0.4 is 0 Å². The molecule has 0 aliphatic carbocycles. The van der Waals surface area contributed by atoms with Crippen molar-refractivity contribution in [1.82, 2.24) is 0 Å². The first-order valence-corrected chi connectivity index (χ1v) is 3.44. The van der Waals surface area contributed by atoms with Crippen molar-refractivity contribution < 1.29 is 23.9 Å². The highest BCUT2D eigenvalue weighted by atomic mass is 16.6. The SMILES string of the molecule is CCOC(=O)[C@@H](C)OC(=O)C=O. The van der Waals surface area contributed by atoms with Crippen LogP contribution >= 0.6 is 0 Å². The fourth-order valence-electron chi connectivity index (χ4n) is 0.510. The average Bonchev–Trinajstić information content (AvgIpc) is 2.04. The molecule has 0 saturated carbocycles. The van der Waals surface area contributed by atoms with Gasteiger partial charge < -0.3 is 9.47 Å². The molecule has 0 bridgehead atoms. The van der Waals surface area contributed by atoms with Gasteiger partial charge in [-0.1, -0.05) is 0 Å². The van der Waals surface area contributed by atoms with E-state index < -0.39 is 18.0 Å². The quantitative estimate of drug-likeness (QED) is 0.332. The van der Waals surface area contributed by atoms with Crippen LogP contribution in [0.5, 0.6) is 0 Å². The number of ether oxygens (including phenoxy) is 2. The molecule has 0 aromatic heterocycles. The second-order valence-corrected chi connectivity index (χ2v) is 1.95. The van der Waals surface area contributed by atoms with Gasteiger partial charge >= 0.3 is 11.9 Å². The molecule has 0 unspecified atom stereocenters. The van der Waals surface area contributed by atoms with Crippen LogP contribution in [0.3, 0.4) is 0 Å². The van der Waals surface area contributed by atoms with Gasteiger partial charge in [0.1, 0.15) is 0 Å². The van der Waals surface area contributed by atoms with E-state index in [2.05, 4.69) is 9.47 Å². The maximum Gasteiger partial charge on any atom is 0.372 e. The van der Waals surface area contributed by atoms with Crippen molar-refractivity contribution in [1.29, 1.82) is 0 Å². The standard InChI is InChI=1S/C7H10O5/c1-3-11-7(10)5(2)12-6(9)4-8/h4-5H,3H2,1-2H3/t5-/m1/s1. The van der Waals surface area contributed by atoms with Crippen molar-refractivity contribution >= 4 is 18.2 Å². The van der Waals surface area contributed by atoms with Crippen LogP contribution in [0.4, 0.5) is 0 Å². The van der Waals surface area contributed by atoms with Crippen LogP contribution in [-0.4, -0.2) is 30.9 Å². The molecule has 0 aromatic carbocycles. The number of carbonyl (C=O) groups is 3. The number of aldehydes is 1. The fraction of sp³-hybridized carbons (Fsp3) is 0.571. The van der Waals surface area contributed by atoms with Crippen LogP contribution in [0.1, 0.15) is 13.8 Å². The van der Waals surface area contributed by atoms with E-state index in [4.69, 9.17) is 0 Å². The van der Waals surface area contributed by atoms with Gasteiger partial charge in [0.2, 0.25) is 6.29 Å². The molecular weight excluding hydrogens is 164 g/mol. The predicted molar refractivity (Wildman–Crippen MR) is 38.3 cm³/mol. The van der Waals surface area contributed by atoms with Crippen molar-refractivity contribution in [2.24, 2.45) is 0 Å². The summed E-state index contributed by atoms with van der Waals surface area (Å²) < 4.78 is 8.85. The molecule has 0 aliphatic rings. The van der Waals surface area contributed by atoms with Gasteiger partial charge in [0.25, 0.3) is 0 Å². The van der Waals surface area contributed by atoms with Crippen LogP contribution in [0, 0.1) is 0 Å². The number of hydrogen-bond donors (Lipinski definition) is 0. The lowest BCUT2D eigenvalue weighted by atomic mass is 10.4. The van der Waals surface area contributed by atoms with E-state index in [9.17, 15) is 14.4 Å². The van der Waals surface area contributed by atoms with E-state index >= 15 is 0 Å². The first kappa shape index (κ1) is 10.6. The normalized spacial score (nSPS) is 11.5. The van der Waals surface area contributed by atoms with Gasteiger partial charge in [0, 0.05) is 0 Å². The lowest BCUT2D eigenvalue weighted by molar-refractivity contribution is -0.166.